The van der Waals surface area contributed by atoms with Crippen molar-refractivity contribution >= 4 is 7.60 Å². The summed E-state index contributed by atoms with van der Waals surface area (Å²) in [5.41, 5.74) is 4.23. The van der Waals surface area contributed by atoms with Crippen molar-refractivity contribution in [3.05, 3.63) is 0 Å². The van der Waals surface area contributed by atoms with Gasteiger partial charge in [0.25, 0.3) is 0 Å². The lowest BCUT2D eigenvalue weighted by atomic mass is 9.75. The van der Waals surface area contributed by atoms with Crippen LogP contribution in [-0.4, -0.2) is 26.8 Å². The zero-order chi connectivity index (χ0) is 12.3. The summed E-state index contributed by atoms with van der Waals surface area (Å²) in [6.07, 6.45) is 3.24. The maximum absolute atomic E-state index is 11.4. The Labute approximate surface area is 96.2 Å². The molecule has 0 spiro atoms. The lowest BCUT2D eigenvalue weighted by molar-refractivity contribution is 0.0994. The highest BCUT2D eigenvalue weighted by Crippen LogP contribution is 2.51. The molecule has 1 rings (SSSR count). The van der Waals surface area contributed by atoms with Crippen LogP contribution in [0.5, 0.6) is 0 Å². The third kappa shape index (κ3) is 3.28. The van der Waals surface area contributed by atoms with Crippen molar-refractivity contribution in [3.63, 3.8) is 0 Å². The Balaban J connectivity index is 2.88. The van der Waals surface area contributed by atoms with Crippen molar-refractivity contribution < 1.29 is 19.5 Å². The number of rotatable bonds is 4. The number of hydrogen-bond donors (Lipinski definition) is 4. The lowest BCUT2D eigenvalue weighted by Crippen LogP contribution is -2.43. The second kappa shape index (κ2) is 5.61. The topological polar surface area (TPSA) is 104 Å². The van der Waals surface area contributed by atoms with E-state index in [9.17, 15) is 19.5 Å². The molecule has 1 aliphatic carbocycles. The monoisotopic (exact) mass is 251 g/mol. The van der Waals surface area contributed by atoms with Crippen LogP contribution in [0.3, 0.4) is 0 Å². The Hall–Kier alpha value is 0.0700. The number of aliphatic hydroxyl groups excluding tert-OH is 1. The minimum Gasteiger partial charge on any atom is -0.378 e. The Bertz CT molecular complexity index is 266. The Morgan fingerprint density at radius 2 is 1.94 bits per heavy atom. The second-order valence-corrected chi connectivity index (χ2v) is 6.46. The van der Waals surface area contributed by atoms with E-state index >= 15 is 0 Å². The number of hydrogen-bond acceptors (Lipinski definition) is 3. The minimum absolute atomic E-state index is 0.153. The fourth-order valence-corrected chi connectivity index (χ4v) is 4.18. The molecule has 16 heavy (non-hydrogen) atoms. The highest BCUT2D eigenvalue weighted by molar-refractivity contribution is 7.52. The average molecular weight is 251 g/mol. The molecule has 0 aromatic rings. The minimum atomic E-state index is -4.33. The van der Waals surface area contributed by atoms with Crippen LogP contribution in [0, 0.1) is 11.8 Å². The van der Waals surface area contributed by atoms with Crippen LogP contribution in [-0.2, 0) is 4.57 Å². The van der Waals surface area contributed by atoms with Crippen molar-refractivity contribution in [2.45, 2.75) is 50.9 Å². The van der Waals surface area contributed by atoms with Gasteiger partial charge < -0.3 is 20.6 Å². The van der Waals surface area contributed by atoms with E-state index in [2.05, 4.69) is 0 Å². The highest BCUT2D eigenvalue weighted by atomic mass is 31.2. The van der Waals surface area contributed by atoms with Gasteiger partial charge in [-0.1, -0.05) is 32.6 Å². The first-order chi connectivity index (χ1) is 7.38. The summed E-state index contributed by atoms with van der Waals surface area (Å²) < 4.78 is 11.4. The van der Waals surface area contributed by atoms with Gasteiger partial charge in [0.2, 0.25) is 0 Å². The Morgan fingerprint density at radius 1 is 1.38 bits per heavy atom. The number of aliphatic hydroxyl groups is 1. The predicted molar refractivity (Wildman–Crippen MR) is 61.8 cm³/mol. The van der Waals surface area contributed by atoms with Gasteiger partial charge in [0.1, 0.15) is 11.9 Å². The lowest BCUT2D eigenvalue weighted by Gasteiger charge is -2.38. The normalized spacial score (nSPS) is 31.1. The van der Waals surface area contributed by atoms with Gasteiger partial charge in [0.05, 0.1) is 0 Å². The largest absolute Gasteiger partial charge is 0.378 e. The molecule has 5 nitrogen and oxygen atoms in total. The first-order valence-corrected chi connectivity index (χ1v) is 7.55. The van der Waals surface area contributed by atoms with E-state index in [-0.39, 0.29) is 11.8 Å². The van der Waals surface area contributed by atoms with Crippen molar-refractivity contribution in [3.8, 4) is 0 Å². The van der Waals surface area contributed by atoms with Crippen LogP contribution in [0.4, 0.5) is 0 Å². The van der Waals surface area contributed by atoms with Crippen LogP contribution >= 0.6 is 7.60 Å². The molecule has 0 heterocycles. The van der Waals surface area contributed by atoms with Gasteiger partial charge in [-0.05, 0) is 18.3 Å². The average Bonchev–Trinajstić information content (AvgIpc) is 2.15. The van der Waals surface area contributed by atoms with E-state index in [1.165, 1.54) is 0 Å². The quantitative estimate of drug-likeness (QED) is 0.441. The first kappa shape index (κ1) is 14.1. The summed E-state index contributed by atoms with van der Waals surface area (Å²) in [5.74, 6) is 0.115. The molecule has 0 amide bonds. The molecule has 4 atom stereocenters. The molecule has 6 heteroatoms. The summed E-state index contributed by atoms with van der Waals surface area (Å²) >= 11 is 0. The fraction of sp³-hybridized carbons (Fsp3) is 1.00. The van der Waals surface area contributed by atoms with E-state index in [4.69, 9.17) is 5.73 Å². The zero-order valence-corrected chi connectivity index (χ0v) is 10.5. The second-order valence-electron chi connectivity index (χ2n) is 4.69. The Kier molecular flexibility index (Phi) is 4.95. The molecular weight excluding hydrogens is 229 g/mol. The molecule has 1 aliphatic rings. The molecular formula is C10H22NO4P. The smallest absolute Gasteiger partial charge is 0.332 e. The molecule has 1 saturated carbocycles. The first-order valence-electron chi connectivity index (χ1n) is 5.86. The maximum atomic E-state index is 11.4. The van der Waals surface area contributed by atoms with Gasteiger partial charge >= 0.3 is 7.60 Å². The SMILES string of the molecule is CCC1CCCCC1C(C(N)O)P(=O)(O)O. The van der Waals surface area contributed by atoms with Crippen molar-refractivity contribution in [2.75, 3.05) is 0 Å². The number of nitrogens with two attached hydrogens (primary N) is 1. The molecule has 0 aromatic heterocycles. The molecule has 0 radical (unpaired) electrons. The molecule has 0 aliphatic heterocycles. The third-order valence-electron chi connectivity index (χ3n) is 3.67. The molecule has 5 N–H and O–H groups in total. The highest BCUT2D eigenvalue weighted by Gasteiger charge is 2.43. The molecule has 0 saturated heterocycles. The van der Waals surface area contributed by atoms with Crippen LogP contribution < -0.4 is 5.73 Å². The summed E-state index contributed by atoms with van der Waals surface area (Å²) in [7, 11) is -4.33. The standard InChI is InChI=1S/C10H22NO4P/c1-2-7-5-3-4-6-8(7)9(10(11)12)16(13,14)15/h7-10,12H,2-6,11H2,1H3,(H2,13,14,15). The van der Waals surface area contributed by atoms with Gasteiger partial charge in [0.15, 0.2) is 0 Å². The van der Waals surface area contributed by atoms with Crippen molar-refractivity contribution in [1.29, 1.82) is 0 Å². The summed E-state index contributed by atoms with van der Waals surface area (Å²) in [4.78, 5) is 18.6. The summed E-state index contributed by atoms with van der Waals surface area (Å²) in [6, 6.07) is 0. The maximum Gasteiger partial charge on any atom is 0.332 e. The predicted octanol–water partition coefficient (Wildman–Crippen LogP) is 1.03. The van der Waals surface area contributed by atoms with Gasteiger partial charge in [-0.25, -0.2) is 0 Å². The Morgan fingerprint density at radius 3 is 2.38 bits per heavy atom. The van der Waals surface area contributed by atoms with E-state index in [1.807, 2.05) is 6.92 Å². The van der Waals surface area contributed by atoms with Crippen molar-refractivity contribution in [1.82, 2.24) is 0 Å². The zero-order valence-electron chi connectivity index (χ0n) is 9.62. The molecule has 96 valence electrons. The van der Waals surface area contributed by atoms with E-state index in [1.54, 1.807) is 0 Å². The van der Waals surface area contributed by atoms with Gasteiger partial charge in [0, 0.05) is 0 Å². The molecule has 4 unspecified atom stereocenters. The van der Waals surface area contributed by atoms with Gasteiger partial charge in [-0.3, -0.25) is 4.57 Å². The van der Waals surface area contributed by atoms with Crippen LogP contribution in [0.15, 0.2) is 0 Å². The summed E-state index contributed by atoms with van der Waals surface area (Å²) in [5, 5.41) is 9.40. The van der Waals surface area contributed by atoms with Crippen LogP contribution in [0.2, 0.25) is 0 Å². The fourth-order valence-electron chi connectivity index (χ4n) is 2.89. The van der Waals surface area contributed by atoms with Crippen LogP contribution in [0.1, 0.15) is 39.0 Å². The van der Waals surface area contributed by atoms with Crippen LogP contribution in [0.25, 0.3) is 0 Å². The van der Waals surface area contributed by atoms with E-state index in [0.29, 0.717) is 0 Å². The molecule has 1 fully saturated rings. The van der Waals surface area contributed by atoms with Gasteiger partial charge in [-0.15, -0.1) is 0 Å². The van der Waals surface area contributed by atoms with E-state index < -0.39 is 19.5 Å². The van der Waals surface area contributed by atoms with Gasteiger partial charge in [-0.2, -0.15) is 0 Å². The third-order valence-corrected chi connectivity index (χ3v) is 5.13. The van der Waals surface area contributed by atoms with E-state index in [0.717, 1.165) is 32.1 Å². The van der Waals surface area contributed by atoms with Crippen molar-refractivity contribution in [2.24, 2.45) is 17.6 Å². The summed E-state index contributed by atoms with van der Waals surface area (Å²) in [6.45, 7) is 2.02. The molecule has 0 bridgehead atoms. The molecule has 0 aromatic carbocycles.